The average molecular weight is 195 g/mol. The van der Waals surface area contributed by atoms with Gasteiger partial charge in [-0.2, -0.15) is 0 Å². The molecular weight excluding hydrogens is 184 g/mol. The van der Waals surface area contributed by atoms with Crippen molar-refractivity contribution < 1.29 is 0 Å². The fourth-order valence-electron chi connectivity index (χ4n) is 1.56. The molecule has 0 amide bonds. The van der Waals surface area contributed by atoms with Gasteiger partial charge in [-0.1, -0.05) is 17.7 Å². The summed E-state index contributed by atoms with van der Waals surface area (Å²) in [6, 6.07) is 1.89. The standard InChI is InChI=1S/C10H11ClN2/c11-9-5-8(6-13-10(9)12)7-3-1-2-4-7/h3,5-6H,1-2,4H2,(H2,12,13). The second-order valence-corrected chi connectivity index (χ2v) is 3.62. The normalized spacial score (nSPS) is 15.9. The first-order valence-corrected chi connectivity index (χ1v) is 4.75. The molecule has 0 saturated heterocycles. The topological polar surface area (TPSA) is 38.9 Å². The number of pyridine rings is 1. The van der Waals surface area contributed by atoms with Crippen molar-refractivity contribution in [3.63, 3.8) is 0 Å². The van der Waals surface area contributed by atoms with Gasteiger partial charge in [-0.25, -0.2) is 4.98 Å². The number of halogens is 1. The Morgan fingerprint density at radius 1 is 1.46 bits per heavy atom. The van der Waals surface area contributed by atoms with E-state index in [1.807, 2.05) is 6.07 Å². The average Bonchev–Trinajstić information content (AvgIpc) is 2.62. The molecule has 3 heteroatoms. The van der Waals surface area contributed by atoms with Gasteiger partial charge in [0, 0.05) is 6.20 Å². The van der Waals surface area contributed by atoms with Crippen LogP contribution < -0.4 is 5.73 Å². The van der Waals surface area contributed by atoms with Crippen LogP contribution in [0.5, 0.6) is 0 Å². The predicted molar refractivity (Wildman–Crippen MR) is 55.5 cm³/mol. The van der Waals surface area contributed by atoms with E-state index < -0.39 is 0 Å². The lowest BCUT2D eigenvalue weighted by Crippen LogP contribution is -1.92. The molecule has 68 valence electrons. The molecule has 1 aliphatic rings. The number of anilines is 1. The van der Waals surface area contributed by atoms with Crippen molar-refractivity contribution in [2.45, 2.75) is 19.3 Å². The smallest absolute Gasteiger partial charge is 0.142 e. The first kappa shape index (κ1) is 8.57. The molecule has 0 fully saturated rings. The van der Waals surface area contributed by atoms with E-state index in [4.69, 9.17) is 17.3 Å². The van der Waals surface area contributed by atoms with Crippen molar-refractivity contribution >= 4 is 23.0 Å². The Bertz CT molecular complexity index is 358. The third-order valence-corrected chi connectivity index (χ3v) is 2.58. The van der Waals surface area contributed by atoms with Crippen molar-refractivity contribution in [1.82, 2.24) is 4.98 Å². The van der Waals surface area contributed by atoms with E-state index in [0.717, 1.165) is 18.4 Å². The Balaban J connectivity index is 2.36. The van der Waals surface area contributed by atoms with Gasteiger partial charge in [0.1, 0.15) is 5.82 Å². The fourth-order valence-corrected chi connectivity index (χ4v) is 1.72. The maximum atomic E-state index is 5.88. The molecule has 0 aliphatic heterocycles. The molecule has 2 N–H and O–H groups in total. The highest BCUT2D eigenvalue weighted by molar-refractivity contribution is 6.32. The second-order valence-electron chi connectivity index (χ2n) is 3.21. The Kier molecular flexibility index (Phi) is 2.23. The van der Waals surface area contributed by atoms with Gasteiger partial charge < -0.3 is 5.73 Å². The maximum absolute atomic E-state index is 5.88. The summed E-state index contributed by atoms with van der Waals surface area (Å²) in [6.07, 6.45) is 7.55. The minimum Gasteiger partial charge on any atom is -0.382 e. The first-order valence-electron chi connectivity index (χ1n) is 4.38. The SMILES string of the molecule is Nc1ncc(C2=CCCC2)cc1Cl. The van der Waals surface area contributed by atoms with Gasteiger partial charge in [0.15, 0.2) is 0 Å². The van der Waals surface area contributed by atoms with Crippen molar-refractivity contribution in [3.05, 3.63) is 28.9 Å². The van der Waals surface area contributed by atoms with Gasteiger partial charge in [0.2, 0.25) is 0 Å². The van der Waals surface area contributed by atoms with E-state index in [-0.39, 0.29) is 0 Å². The van der Waals surface area contributed by atoms with Crippen LogP contribution in [-0.2, 0) is 0 Å². The minimum atomic E-state index is 0.406. The molecule has 0 radical (unpaired) electrons. The lowest BCUT2D eigenvalue weighted by atomic mass is 10.1. The van der Waals surface area contributed by atoms with Crippen LogP contribution >= 0.6 is 11.6 Å². The van der Waals surface area contributed by atoms with E-state index in [1.54, 1.807) is 6.20 Å². The molecule has 1 aromatic rings. The Morgan fingerprint density at radius 3 is 2.92 bits per heavy atom. The Labute approximate surface area is 82.4 Å². The lowest BCUT2D eigenvalue weighted by Gasteiger charge is -2.03. The molecule has 0 atom stereocenters. The van der Waals surface area contributed by atoms with Crippen LogP contribution in [0.1, 0.15) is 24.8 Å². The molecule has 1 aromatic heterocycles. The summed E-state index contributed by atoms with van der Waals surface area (Å²) in [4.78, 5) is 4.03. The van der Waals surface area contributed by atoms with Gasteiger partial charge in [-0.3, -0.25) is 0 Å². The van der Waals surface area contributed by atoms with Crippen LogP contribution in [0.2, 0.25) is 5.02 Å². The first-order chi connectivity index (χ1) is 6.27. The summed E-state index contributed by atoms with van der Waals surface area (Å²) < 4.78 is 0. The quantitative estimate of drug-likeness (QED) is 0.747. The lowest BCUT2D eigenvalue weighted by molar-refractivity contribution is 0.935. The maximum Gasteiger partial charge on any atom is 0.142 e. The van der Waals surface area contributed by atoms with Crippen molar-refractivity contribution in [3.8, 4) is 0 Å². The number of rotatable bonds is 1. The van der Waals surface area contributed by atoms with E-state index in [9.17, 15) is 0 Å². The monoisotopic (exact) mass is 194 g/mol. The highest BCUT2D eigenvalue weighted by atomic mass is 35.5. The number of aromatic nitrogens is 1. The summed E-state index contributed by atoms with van der Waals surface area (Å²) in [5, 5.41) is 0.547. The third kappa shape index (κ3) is 1.68. The summed E-state index contributed by atoms with van der Waals surface area (Å²) in [5.41, 5.74) is 7.97. The summed E-state index contributed by atoms with van der Waals surface area (Å²) >= 11 is 5.88. The Hall–Kier alpha value is -1.02. The molecule has 0 spiro atoms. The molecular formula is C10H11ClN2. The fraction of sp³-hybridized carbons (Fsp3) is 0.300. The molecule has 0 unspecified atom stereocenters. The zero-order chi connectivity index (χ0) is 9.26. The van der Waals surface area contributed by atoms with Gasteiger partial charge in [0.25, 0.3) is 0 Å². The number of hydrogen-bond donors (Lipinski definition) is 1. The van der Waals surface area contributed by atoms with Crippen molar-refractivity contribution in [2.24, 2.45) is 0 Å². The van der Waals surface area contributed by atoms with Gasteiger partial charge in [-0.15, -0.1) is 0 Å². The molecule has 1 heterocycles. The number of hydrogen-bond acceptors (Lipinski definition) is 2. The zero-order valence-electron chi connectivity index (χ0n) is 7.26. The van der Waals surface area contributed by atoms with E-state index in [2.05, 4.69) is 11.1 Å². The van der Waals surface area contributed by atoms with Gasteiger partial charge >= 0.3 is 0 Å². The molecule has 0 bridgehead atoms. The second kappa shape index (κ2) is 3.38. The highest BCUT2D eigenvalue weighted by Crippen LogP contribution is 2.29. The number of nitrogens with zero attached hydrogens (tertiary/aromatic N) is 1. The minimum absolute atomic E-state index is 0.406. The van der Waals surface area contributed by atoms with E-state index >= 15 is 0 Å². The van der Waals surface area contributed by atoms with Crippen LogP contribution in [0, 0.1) is 0 Å². The van der Waals surface area contributed by atoms with Crippen molar-refractivity contribution in [1.29, 1.82) is 0 Å². The van der Waals surface area contributed by atoms with E-state index in [1.165, 1.54) is 12.0 Å². The molecule has 0 aromatic carbocycles. The highest BCUT2D eigenvalue weighted by Gasteiger charge is 2.08. The number of nitrogen functional groups attached to an aromatic ring is 1. The molecule has 2 nitrogen and oxygen atoms in total. The third-order valence-electron chi connectivity index (χ3n) is 2.28. The molecule has 0 saturated carbocycles. The summed E-state index contributed by atoms with van der Waals surface area (Å²) in [7, 11) is 0. The van der Waals surface area contributed by atoms with Crippen LogP contribution in [-0.4, -0.2) is 4.98 Å². The summed E-state index contributed by atoms with van der Waals surface area (Å²) in [5.74, 6) is 0.406. The molecule has 13 heavy (non-hydrogen) atoms. The predicted octanol–water partition coefficient (Wildman–Crippen LogP) is 2.88. The molecule has 2 rings (SSSR count). The van der Waals surface area contributed by atoms with E-state index in [0.29, 0.717) is 10.8 Å². The number of nitrogens with two attached hydrogens (primary N) is 1. The van der Waals surface area contributed by atoms with Crippen LogP contribution in [0.4, 0.5) is 5.82 Å². The largest absolute Gasteiger partial charge is 0.382 e. The van der Waals surface area contributed by atoms with Crippen LogP contribution in [0.15, 0.2) is 18.3 Å². The van der Waals surface area contributed by atoms with Crippen molar-refractivity contribution in [2.75, 3.05) is 5.73 Å². The Morgan fingerprint density at radius 2 is 2.31 bits per heavy atom. The van der Waals surface area contributed by atoms with Gasteiger partial charge in [-0.05, 0) is 36.5 Å². The molecule has 1 aliphatic carbocycles. The number of allylic oxidation sites excluding steroid dienone is 2. The zero-order valence-corrected chi connectivity index (χ0v) is 8.01. The summed E-state index contributed by atoms with van der Waals surface area (Å²) in [6.45, 7) is 0. The van der Waals surface area contributed by atoms with Crippen LogP contribution in [0.25, 0.3) is 5.57 Å². The van der Waals surface area contributed by atoms with Crippen LogP contribution in [0.3, 0.4) is 0 Å². The van der Waals surface area contributed by atoms with Gasteiger partial charge in [0.05, 0.1) is 5.02 Å².